The summed E-state index contributed by atoms with van der Waals surface area (Å²) in [6.07, 6.45) is 0. The summed E-state index contributed by atoms with van der Waals surface area (Å²) in [6, 6.07) is 13.4. The molecule has 0 aromatic heterocycles. The second kappa shape index (κ2) is 5.95. The molecule has 2 aromatic rings. The Kier molecular flexibility index (Phi) is 4.08. The van der Waals surface area contributed by atoms with E-state index in [1.807, 2.05) is 12.1 Å². The van der Waals surface area contributed by atoms with Crippen LogP contribution in [0.3, 0.4) is 0 Å². The number of halogens is 1. The highest BCUT2D eigenvalue weighted by Gasteiger charge is 2.17. The van der Waals surface area contributed by atoms with E-state index in [0.29, 0.717) is 5.56 Å². The van der Waals surface area contributed by atoms with E-state index in [0.717, 1.165) is 6.07 Å². The molecule has 3 N–H and O–H groups in total. The fourth-order valence-corrected chi connectivity index (χ4v) is 1.74. The molecular formula is C15H12FN3O. The maximum Gasteiger partial charge on any atom is 0.245 e. The summed E-state index contributed by atoms with van der Waals surface area (Å²) in [4.78, 5) is 12.0. The van der Waals surface area contributed by atoms with Crippen LogP contribution in [0, 0.1) is 17.1 Å². The van der Waals surface area contributed by atoms with E-state index in [1.165, 1.54) is 12.1 Å². The van der Waals surface area contributed by atoms with Gasteiger partial charge < -0.3 is 11.1 Å². The van der Waals surface area contributed by atoms with Crippen molar-refractivity contribution < 1.29 is 9.18 Å². The van der Waals surface area contributed by atoms with Crippen molar-refractivity contribution in [3.63, 3.8) is 0 Å². The summed E-state index contributed by atoms with van der Waals surface area (Å²) in [6.45, 7) is 0. The van der Waals surface area contributed by atoms with Crippen LogP contribution in [-0.4, -0.2) is 5.91 Å². The van der Waals surface area contributed by atoms with Gasteiger partial charge in [-0.1, -0.05) is 30.3 Å². The number of carbonyl (C=O) groups is 1. The van der Waals surface area contributed by atoms with Gasteiger partial charge in [-0.3, -0.25) is 4.79 Å². The first-order chi connectivity index (χ1) is 9.61. The zero-order valence-electron chi connectivity index (χ0n) is 10.5. The van der Waals surface area contributed by atoms with Crippen LogP contribution < -0.4 is 11.1 Å². The highest BCUT2D eigenvalue weighted by Crippen LogP contribution is 2.18. The van der Waals surface area contributed by atoms with Crippen molar-refractivity contribution in [1.82, 2.24) is 0 Å². The molecule has 100 valence electrons. The molecule has 4 nitrogen and oxygen atoms in total. The lowest BCUT2D eigenvalue weighted by Gasteiger charge is -2.13. The molecule has 20 heavy (non-hydrogen) atoms. The van der Waals surface area contributed by atoms with E-state index >= 15 is 0 Å². The van der Waals surface area contributed by atoms with Gasteiger partial charge in [-0.25, -0.2) is 4.39 Å². The number of nitrogens with two attached hydrogens (primary N) is 1. The second-order valence-electron chi connectivity index (χ2n) is 4.18. The van der Waals surface area contributed by atoms with Gasteiger partial charge in [0.1, 0.15) is 17.9 Å². The topological polar surface area (TPSA) is 78.9 Å². The van der Waals surface area contributed by atoms with Crippen molar-refractivity contribution in [2.75, 3.05) is 5.32 Å². The number of nitriles is 1. The van der Waals surface area contributed by atoms with Gasteiger partial charge in [0.15, 0.2) is 0 Å². The first-order valence-corrected chi connectivity index (χ1v) is 5.93. The highest BCUT2D eigenvalue weighted by molar-refractivity contribution is 5.96. The number of rotatable bonds is 3. The van der Waals surface area contributed by atoms with Crippen LogP contribution in [0.15, 0.2) is 48.5 Å². The van der Waals surface area contributed by atoms with Gasteiger partial charge in [-0.15, -0.1) is 0 Å². The molecule has 0 saturated heterocycles. The zero-order valence-corrected chi connectivity index (χ0v) is 10.5. The van der Waals surface area contributed by atoms with Crippen molar-refractivity contribution in [2.45, 2.75) is 6.04 Å². The lowest BCUT2D eigenvalue weighted by Crippen LogP contribution is -2.28. The normalized spacial score (nSPS) is 11.4. The summed E-state index contributed by atoms with van der Waals surface area (Å²) in [7, 11) is 0. The first kappa shape index (κ1) is 13.7. The Morgan fingerprint density at radius 3 is 2.60 bits per heavy atom. The van der Waals surface area contributed by atoms with E-state index in [4.69, 9.17) is 11.0 Å². The Labute approximate surface area is 115 Å². The highest BCUT2D eigenvalue weighted by atomic mass is 19.1. The Balaban J connectivity index is 2.19. The van der Waals surface area contributed by atoms with Crippen molar-refractivity contribution in [2.24, 2.45) is 5.73 Å². The predicted octanol–water partition coefficient (Wildman–Crippen LogP) is 2.34. The minimum atomic E-state index is -0.854. The quantitative estimate of drug-likeness (QED) is 0.897. The first-order valence-electron chi connectivity index (χ1n) is 5.93. The molecule has 0 saturated carbocycles. The summed E-state index contributed by atoms with van der Waals surface area (Å²) in [5, 5.41) is 11.4. The third-order valence-corrected chi connectivity index (χ3v) is 2.80. The molecule has 0 fully saturated rings. The maximum atomic E-state index is 13.0. The van der Waals surface area contributed by atoms with Gasteiger partial charge in [0.2, 0.25) is 5.91 Å². The molecule has 0 radical (unpaired) electrons. The molecule has 0 spiro atoms. The Hall–Kier alpha value is -2.71. The van der Waals surface area contributed by atoms with Crippen LogP contribution in [-0.2, 0) is 4.79 Å². The Morgan fingerprint density at radius 2 is 1.95 bits per heavy atom. The molecular weight excluding hydrogens is 257 g/mol. The van der Waals surface area contributed by atoms with Crippen LogP contribution in [0.1, 0.15) is 17.2 Å². The molecule has 0 aliphatic heterocycles. The monoisotopic (exact) mass is 269 g/mol. The Morgan fingerprint density at radius 1 is 1.25 bits per heavy atom. The number of nitrogens with zero attached hydrogens (tertiary/aromatic N) is 1. The molecule has 0 heterocycles. The number of nitrogens with one attached hydrogen (secondary N) is 1. The minimum Gasteiger partial charge on any atom is -0.323 e. The molecule has 0 bridgehead atoms. The number of hydrogen-bond donors (Lipinski definition) is 2. The van der Waals surface area contributed by atoms with Gasteiger partial charge in [0, 0.05) is 0 Å². The van der Waals surface area contributed by atoms with Crippen molar-refractivity contribution in [3.05, 3.63) is 65.5 Å². The molecule has 1 atom stereocenters. The summed E-state index contributed by atoms with van der Waals surface area (Å²) in [5.74, 6) is -0.994. The number of anilines is 1. The minimum absolute atomic E-state index is 0.0543. The van der Waals surface area contributed by atoms with Crippen LogP contribution in [0.5, 0.6) is 0 Å². The third-order valence-electron chi connectivity index (χ3n) is 2.80. The molecule has 0 aliphatic carbocycles. The van der Waals surface area contributed by atoms with Gasteiger partial charge in [-0.05, 0) is 23.8 Å². The molecule has 1 amide bonds. The number of hydrogen-bond acceptors (Lipinski definition) is 3. The largest absolute Gasteiger partial charge is 0.323 e. The van der Waals surface area contributed by atoms with Gasteiger partial charge in [0.25, 0.3) is 0 Å². The van der Waals surface area contributed by atoms with E-state index < -0.39 is 17.8 Å². The zero-order chi connectivity index (χ0) is 14.5. The molecule has 0 unspecified atom stereocenters. The van der Waals surface area contributed by atoms with Gasteiger partial charge in [0.05, 0.1) is 11.3 Å². The van der Waals surface area contributed by atoms with Crippen molar-refractivity contribution in [3.8, 4) is 6.07 Å². The fraction of sp³-hybridized carbons (Fsp3) is 0.0667. The molecule has 5 heteroatoms. The average molecular weight is 269 g/mol. The summed E-state index contributed by atoms with van der Waals surface area (Å²) >= 11 is 0. The number of benzene rings is 2. The van der Waals surface area contributed by atoms with E-state index in [-0.39, 0.29) is 11.3 Å². The molecule has 2 rings (SSSR count). The van der Waals surface area contributed by atoms with Crippen LogP contribution in [0.2, 0.25) is 0 Å². The van der Waals surface area contributed by atoms with Crippen molar-refractivity contribution in [1.29, 1.82) is 5.26 Å². The lowest BCUT2D eigenvalue weighted by molar-refractivity contribution is -0.117. The van der Waals surface area contributed by atoms with E-state index in [9.17, 15) is 9.18 Å². The van der Waals surface area contributed by atoms with E-state index in [2.05, 4.69) is 5.32 Å². The summed E-state index contributed by atoms with van der Waals surface area (Å²) in [5.41, 5.74) is 6.79. The van der Waals surface area contributed by atoms with E-state index in [1.54, 1.807) is 24.3 Å². The molecule has 0 aliphatic rings. The number of carbonyl (C=O) groups excluding carboxylic acids is 1. The van der Waals surface area contributed by atoms with Crippen LogP contribution >= 0.6 is 0 Å². The van der Waals surface area contributed by atoms with Gasteiger partial charge in [-0.2, -0.15) is 5.26 Å². The van der Waals surface area contributed by atoms with Crippen LogP contribution in [0.4, 0.5) is 10.1 Å². The predicted molar refractivity (Wildman–Crippen MR) is 73.1 cm³/mol. The van der Waals surface area contributed by atoms with Gasteiger partial charge >= 0.3 is 0 Å². The Bertz CT molecular complexity index is 665. The smallest absolute Gasteiger partial charge is 0.245 e. The third kappa shape index (κ3) is 2.99. The fourth-order valence-electron chi connectivity index (χ4n) is 1.74. The second-order valence-corrected chi connectivity index (χ2v) is 4.18. The standard InChI is InChI=1S/C15H12FN3O/c16-12-6-7-13(11(8-12)9-17)19-15(20)14(18)10-4-2-1-3-5-10/h1-8,14H,18H2,(H,19,20)/t14-/m1/s1. The lowest BCUT2D eigenvalue weighted by atomic mass is 10.1. The SMILES string of the molecule is N#Cc1cc(F)ccc1NC(=O)[C@H](N)c1ccccc1. The average Bonchev–Trinajstić information content (AvgIpc) is 2.49. The van der Waals surface area contributed by atoms with Crippen molar-refractivity contribution >= 4 is 11.6 Å². The molecule has 2 aromatic carbocycles. The summed E-state index contributed by atoms with van der Waals surface area (Å²) < 4.78 is 13.0. The van der Waals surface area contributed by atoms with Crippen LogP contribution in [0.25, 0.3) is 0 Å². The number of amides is 1. The maximum absolute atomic E-state index is 13.0.